The van der Waals surface area contributed by atoms with Crippen LogP contribution in [0.15, 0.2) is 28.7 Å². The minimum atomic E-state index is -0.217. The number of carbonyl (C=O) groups excluding carboxylic acids is 2. The first-order chi connectivity index (χ1) is 8.31. The molecule has 18 heavy (non-hydrogen) atoms. The van der Waals surface area contributed by atoms with Crippen LogP contribution in [-0.4, -0.2) is 18.2 Å². The average Bonchev–Trinajstić information content (AvgIpc) is 2.26. The van der Waals surface area contributed by atoms with Crippen molar-refractivity contribution in [3.63, 3.8) is 0 Å². The fourth-order valence-corrected chi connectivity index (χ4v) is 2.02. The summed E-state index contributed by atoms with van der Waals surface area (Å²) >= 11 is 3.44. The Morgan fingerprint density at radius 2 is 2.00 bits per heavy atom. The third-order valence-electron chi connectivity index (χ3n) is 2.74. The van der Waals surface area contributed by atoms with Gasteiger partial charge in [-0.2, -0.15) is 0 Å². The number of hydrogen-bond donors (Lipinski definition) is 1. The number of amides is 1. The van der Waals surface area contributed by atoms with E-state index in [9.17, 15) is 9.59 Å². The van der Waals surface area contributed by atoms with Gasteiger partial charge in [-0.3, -0.25) is 9.59 Å². The van der Waals surface area contributed by atoms with E-state index in [1.54, 1.807) is 0 Å². The Balaban J connectivity index is 2.65. The summed E-state index contributed by atoms with van der Waals surface area (Å²) in [6.45, 7) is 6.04. The number of carbonyl (C=O) groups is 2. The lowest BCUT2D eigenvalue weighted by Gasteiger charge is -2.25. The van der Waals surface area contributed by atoms with Crippen LogP contribution in [0, 0.1) is 0 Å². The van der Waals surface area contributed by atoms with Crippen LogP contribution in [-0.2, 0) is 15.0 Å². The zero-order valence-corrected chi connectivity index (χ0v) is 12.5. The molecule has 0 bridgehead atoms. The summed E-state index contributed by atoms with van der Waals surface area (Å²) in [4.78, 5) is 22.3. The standard InChI is InChI=1S/C14H18BrNO2/c1-10(17)7-13(18)16-9-14(2,3)11-5-4-6-12(15)8-11/h4-6,8H,7,9H2,1-3H3,(H,16,18). The molecule has 0 aliphatic carbocycles. The van der Waals surface area contributed by atoms with Gasteiger partial charge < -0.3 is 5.32 Å². The number of ketones is 1. The minimum absolute atomic E-state index is 0.0471. The van der Waals surface area contributed by atoms with Crippen molar-refractivity contribution in [1.29, 1.82) is 0 Å². The molecule has 0 unspecified atom stereocenters. The van der Waals surface area contributed by atoms with Crippen LogP contribution in [0.3, 0.4) is 0 Å². The minimum Gasteiger partial charge on any atom is -0.355 e. The number of nitrogens with one attached hydrogen (secondary N) is 1. The molecular weight excluding hydrogens is 294 g/mol. The topological polar surface area (TPSA) is 46.2 Å². The van der Waals surface area contributed by atoms with Crippen molar-refractivity contribution in [3.8, 4) is 0 Å². The second kappa shape index (κ2) is 6.14. The summed E-state index contributed by atoms with van der Waals surface area (Å²) < 4.78 is 1.02. The molecule has 0 aliphatic rings. The van der Waals surface area contributed by atoms with E-state index in [1.807, 2.05) is 24.3 Å². The fourth-order valence-electron chi connectivity index (χ4n) is 1.62. The first kappa shape index (κ1) is 14.9. The van der Waals surface area contributed by atoms with E-state index in [2.05, 4.69) is 35.1 Å². The molecule has 1 rings (SSSR count). The van der Waals surface area contributed by atoms with Crippen LogP contribution in [0.4, 0.5) is 0 Å². The summed E-state index contributed by atoms with van der Waals surface area (Å²) in [5.74, 6) is -0.335. The van der Waals surface area contributed by atoms with Crippen molar-refractivity contribution in [2.75, 3.05) is 6.54 Å². The van der Waals surface area contributed by atoms with Gasteiger partial charge in [0.15, 0.2) is 0 Å². The fraction of sp³-hybridized carbons (Fsp3) is 0.429. The number of hydrogen-bond acceptors (Lipinski definition) is 2. The number of benzene rings is 1. The maximum absolute atomic E-state index is 11.5. The van der Waals surface area contributed by atoms with E-state index in [0.29, 0.717) is 6.54 Å². The van der Waals surface area contributed by atoms with E-state index in [1.165, 1.54) is 6.92 Å². The SMILES string of the molecule is CC(=O)CC(=O)NCC(C)(C)c1cccc(Br)c1. The van der Waals surface area contributed by atoms with Crippen LogP contribution in [0.1, 0.15) is 32.8 Å². The summed E-state index contributed by atoms with van der Waals surface area (Å²) in [7, 11) is 0. The highest BCUT2D eigenvalue weighted by Crippen LogP contribution is 2.25. The van der Waals surface area contributed by atoms with E-state index < -0.39 is 0 Å². The predicted molar refractivity (Wildman–Crippen MR) is 75.5 cm³/mol. The van der Waals surface area contributed by atoms with Gasteiger partial charge in [0.1, 0.15) is 5.78 Å². The van der Waals surface area contributed by atoms with Crippen molar-refractivity contribution in [3.05, 3.63) is 34.3 Å². The van der Waals surface area contributed by atoms with Gasteiger partial charge in [0.25, 0.3) is 0 Å². The molecule has 98 valence electrons. The molecule has 0 spiro atoms. The Labute approximate surface area is 116 Å². The third-order valence-corrected chi connectivity index (χ3v) is 3.24. The zero-order chi connectivity index (χ0) is 13.8. The molecule has 0 aliphatic heterocycles. The molecule has 1 N–H and O–H groups in total. The van der Waals surface area contributed by atoms with Gasteiger partial charge in [-0.25, -0.2) is 0 Å². The van der Waals surface area contributed by atoms with Crippen molar-refractivity contribution >= 4 is 27.6 Å². The highest BCUT2D eigenvalue weighted by molar-refractivity contribution is 9.10. The molecule has 0 atom stereocenters. The molecule has 1 aromatic rings. The molecule has 0 radical (unpaired) electrons. The molecule has 3 nitrogen and oxygen atoms in total. The third kappa shape index (κ3) is 4.61. The van der Waals surface area contributed by atoms with Gasteiger partial charge in [0.2, 0.25) is 5.91 Å². The van der Waals surface area contributed by atoms with Crippen molar-refractivity contribution in [2.24, 2.45) is 0 Å². The molecule has 1 amide bonds. The van der Waals surface area contributed by atoms with E-state index in [0.717, 1.165) is 10.0 Å². The number of halogens is 1. The Bertz CT molecular complexity index is 455. The number of Topliss-reactive ketones (excluding diaryl/α,β-unsaturated/α-hetero) is 1. The molecule has 4 heteroatoms. The van der Waals surface area contributed by atoms with E-state index in [-0.39, 0.29) is 23.5 Å². The van der Waals surface area contributed by atoms with Gasteiger partial charge in [0, 0.05) is 16.4 Å². The largest absolute Gasteiger partial charge is 0.355 e. The molecule has 0 heterocycles. The van der Waals surface area contributed by atoms with Crippen LogP contribution in [0.5, 0.6) is 0 Å². The molecule has 0 aromatic heterocycles. The lowest BCUT2D eigenvalue weighted by molar-refractivity contribution is -0.127. The average molecular weight is 312 g/mol. The van der Waals surface area contributed by atoms with Crippen LogP contribution in [0.25, 0.3) is 0 Å². The Morgan fingerprint density at radius 1 is 1.33 bits per heavy atom. The maximum atomic E-state index is 11.5. The quantitative estimate of drug-likeness (QED) is 0.850. The smallest absolute Gasteiger partial charge is 0.227 e. The highest BCUT2D eigenvalue weighted by atomic mass is 79.9. The van der Waals surface area contributed by atoms with Gasteiger partial charge in [-0.1, -0.05) is 41.9 Å². The zero-order valence-electron chi connectivity index (χ0n) is 10.9. The first-order valence-electron chi connectivity index (χ1n) is 5.83. The molecule has 0 saturated heterocycles. The van der Waals surface area contributed by atoms with E-state index in [4.69, 9.17) is 0 Å². The van der Waals surface area contributed by atoms with Gasteiger partial charge in [0.05, 0.1) is 6.42 Å². The predicted octanol–water partition coefficient (Wildman–Crippen LogP) is 2.82. The second-order valence-electron chi connectivity index (χ2n) is 5.05. The molecule has 1 aromatic carbocycles. The van der Waals surface area contributed by atoms with Crippen LogP contribution >= 0.6 is 15.9 Å². The summed E-state index contributed by atoms with van der Waals surface area (Å²) in [6.07, 6.45) is -0.0471. The van der Waals surface area contributed by atoms with Crippen molar-refractivity contribution in [2.45, 2.75) is 32.6 Å². The second-order valence-corrected chi connectivity index (χ2v) is 5.97. The van der Waals surface area contributed by atoms with Crippen LogP contribution < -0.4 is 5.32 Å². The summed E-state index contributed by atoms with van der Waals surface area (Å²) in [6, 6.07) is 8.01. The highest BCUT2D eigenvalue weighted by Gasteiger charge is 2.21. The Hall–Kier alpha value is -1.16. The summed E-state index contributed by atoms with van der Waals surface area (Å²) in [5.41, 5.74) is 0.968. The Morgan fingerprint density at radius 3 is 2.56 bits per heavy atom. The van der Waals surface area contributed by atoms with Gasteiger partial charge >= 0.3 is 0 Å². The lowest BCUT2D eigenvalue weighted by Crippen LogP contribution is -2.37. The first-order valence-corrected chi connectivity index (χ1v) is 6.63. The summed E-state index contributed by atoms with van der Waals surface area (Å²) in [5, 5.41) is 2.80. The van der Waals surface area contributed by atoms with E-state index >= 15 is 0 Å². The monoisotopic (exact) mass is 311 g/mol. The number of rotatable bonds is 5. The van der Waals surface area contributed by atoms with Gasteiger partial charge in [-0.15, -0.1) is 0 Å². The molecular formula is C14H18BrNO2. The molecule has 0 saturated carbocycles. The van der Waals surface area contributed by atoms with Crippen molar-refractivity contribution in [1.82, 2.24) is 5.32 Å². The van der Waals surface area contributed by atoms with Crippen molar-refractivity contribution < 1.29 is 9.59 Å². The normalized spacial score (nSPS) is 11.1. The molecule has 0 fully saturated rings. The maximum Gasteiger partial charge on any atom is 0.227 e. The van der Waals surface area contributed by atoms with Crippen LogP contribution in [0.2, 0.25) is 0 Å². The van der Waals surface area contributed by atoms with Gasteiger partial charge in [-0.05, 0) is 24.6 Å². The lowest BCUT2D eigenvalue weighted by atomic mass is 9.84. The Kier molecular flexibility index (Phi) is 5.08.